The molecule has 0 atom stereocenters. The van der Waals surface area contributed by atoms with E-state index in [2.05, 4.69) is 73.2 Å². The summed E-state index contributed by atoms with van der Waals surface area (Å²) in [6, 6.07) is 7.32. The van der Waals surface area contributed by atoms with E-state index >= 15 is 0 Å². The van der Waals surface area contributed by atoms with Gasteiger partial charge in [-0.1, -0.05) is 0 Å². The molecule has 190 valence electrons. The standard InChI is InChI=1S/C27H31N9O/c1-27(2,3)34-24-17-28-16-22(32-24)21-11-19-12-23(31-15-20(19)14-30-21)33-26(37)18-5-6-29-25(13-18)36-9-7-35(4)8-10-36/h5-6,11-17H,7-10H2,1-4H3,(H,32,34)(H,31,33,37). The van der Waals surface area contributed by atoms with Gasteiger partial charge in [0.05, 0.1) is 18.1 Å². The topological polar surface area (TPSA) is 112 Å². The molecule has 10 heteroatoms. The Morgan fingerprint density at radius 2 is 1.65 bits per heavy atom. The van der Waals surface area contributed by atoms with Crippen LogP contribution in [0.4, 0.5) is 17.5 Å². The zero-order chi connectivity index (χ0) is 26.0. The number of nitrogens with zero attached hydrogens (tertiary/aromatic N) is 7. The minimum absolute atomic E-state index is 0.136. The Balaban J connectivity index is 1.35. The fourth-order valence-corrected chi connectivity index (χ4v) is 4.14. The number of hydrogen-bond donors (Lipinski definition) is 2. The second kappa shape index (κ2) is 10.1. The van der Waals surface area contributed by atoms with Crippen molar-refractivity contribution >= 4 is 34.1 Å². The SMILES string of the molecule is CN1CCN(c2cc(C(=O)Nc3cc4cc(-c5cncc(NC(C)(C)C)n5)ncc4cn3)ccn2)CC1. The number of hydrogen-bond acceptors (Lipinski definition) is 9. The van der Waals surface area contributed by atoms with Gasteiger partial charge in [-0.2, -0.15) is 0 Å². The van der Waals surface area contributed by atoms with Crippen LogP contribution in [0.2, 0.25) is 0 Å². The van der Waals surface area contributed by atoms with E-state index in [1.807, 2.05) is 18.2 Å². The monoisotopic (exact) mass is 497 g/mol. The molecule has 0 bridgehead atoms. The predicted molar refractivity (Wildman–Crippen MR) is 146 cm³/mol. The van der Waals surface area contributed by atoms with Crippen LogP contribution >= 0.6 is 0 Å². The molecule has 0 saturated carbocycles. The Bertz CT molecular complexity index is 1430. The molecule has 10 nitrogen and oxygen atoms in total. The number of likely N-dealkylation sites (N-methyl/N-ethyl adjacent to an activating group) is 1. The molecule has 5 rings (SSSR count). The van der Waals surface area contributed by atoms with Crippen LogP contribution in [0, 0.1) is 0 Å². The number of carbonyl (C=O) groups excluding carboxylic acids is 1. The smallest absolute Gasteiger partial charge is 0.257 e. The average Bonchev–Trinajstić information content (AvgIpc) is 2.88. The van der Waals surface area contributed by atoms with E-state index in [0.717, 1.165) is 42.8 Å². The van der Waals surface area contributed by atoms with Crippen LogP contribution in [0.25, 0.3) is 22.2 Å². The van der Waals surface area contributed by atoms with Gasteiger partial charge in [0.1, 0.15) is 23.1 Å². The van der Waals surface area contributed by atoms with Crippen molar-refractivity contribution < 1.29 is 4.79 Å². The summed E-state index contributed by atoms with van der Waals surface area (Å²) in [7, 11) is 2.11. The molecule has 0 unspecified atom stereocenters. The predicted octanol–water partition coefficient (Wildman–Crippen LogP) is 3.70. The van der Waals surface area contributed by atoms with Gasteiger partial charge in [0.2, 0.25) is 0 Å². The van der Waals surface area contributed by atoms with E-state index < -0.39 is 0 Å². The summed E-state index contributed by atoms with van der Waals surface area (Å²) in [5.74, 6) is 1.72. The molecule has 1 aliphatic rings. The van der Waals surface area contributed by atoms with Crippen molar-refractivity contribution in [3.63, 3.8) is 0 Å². The normalized spacial score (nSPS) is 14.5. The van der Waals surface area contributed by atoms with Gasteiger partial charge in [0, 0.05) is 61.3 Å². The van der Waals surface area contributed by atoms with Gasteiger partial charge >= 0.3 is 0 Å². The van der Waals surface area contributed by atoms with E-state index in [0.29, 0.717) is 28.6 Å². The number of amides is 1. The van der Waals surface area contributed by atoms with Gasteiger partial charge in [-0.05, 0) is 57.5 Å². The first-order valence-corrected chi connectivity index (χ1v) is 12.3. The van der Waals surface area contributed by atoms with Crippen LogP contribution in [0.3, 0.4) is 0 Å². The Morgan fingerprint density at radius 3 is 2.43 bits per heavy atom. The molecule has 1 amide bonds. The van der Waals surface area contributed by atoms with Crippen LogP contribution in [0.15, 0.2) is 55.2 Å². The summed E-state index contributed by atoms with van der Waals surface area (Å²) in [6.45, 7) is 9.91. The van der Waals surface area contributed by atoms with Crippen molar-refractivity contribution in [2.45, 2.75) is 26.3 Å². The van der Waals surface area contributed by atoms with Crippen LogP contribution in [0.5, 0.6) is 0 Å². The first-order chi connectivity index (χ1) is 17.7. The van der Waals surface area contributed by atoms with Crippen LogP contribution in [-0.4, -0.2) is 74.5 Å². The Labute approximate surface area is 216 Å². The van der Waals surface area contributed by atoms with E-state index in [-0.39, 0.29) is 11.4 Å². The number of nitrogens with one attached hydrogen (secondary N) is 2. The molecular formula is C27H31N9O. The number of piperazine rings is 1. The van der Waals surface area contributed by atoms with Crippen LogP contribution in [0.1, 0.15) is 31.1 Å². The summed E-state index contributed by atoms with van der Waals surface area (Å²) >= 11 is 0. The Morgan fingerprint density at radius 1 is 0.865 bits per heavy atom. The molecule has 0 radical (unpaired) electrons. The average molecular weight is 498 g/mol. The van der Waals surface area contributed by atoms with Crippen molar-refractivity contribution in [3.8, 4) is 11.4 Å². The Hall–Kier alpha value is -4.18. The number of fused-ring (bicyclic) bond motifs is 1. The highest BCUT2D eigenvalue weighted by molar-refractivity contribution is 6.05. The summed E-state index contributed by atoms with van der Waals surface area (Å²) in [5, 5.41) is 8.00. The fourth-order valence-electron chi connectivity index (χ4n) is 4.14. The van der Waals surface area contributed by atoms with Gasteiger partial charge in [0.15, 0.2) is 0 Å². The lowest BCUT2D eigenvalue weighted by Gasteiger charge is -2.33. The largest absolute Gasteiger partial charge is 0.364 e. The molecule has 4 aromatic heterocycles. The molecule has 1 aliphatic heterocycles. The summed E-state index contributed by atoms with van der Waals surface area (Å²) in [6.07, 6.45) is 8.51. The third kappa shape index (κ3) is 5.97. The molecular weight excluding hydrogens is 466 g/mol. The van der Waals surface area contributed by atoms with Gasteiger partial charge in [-0.3, -0.25) is 14.8 Å². The highest BCUT2D eigenvalue weighted by Gasteiger charge is 2.17. The maximum absolute atomic E-state index is 13.0. The second-order valence-electron chi connectivity index (χ2n) is 10.3. The maximum atomic E-state index is 13.0. The first kappa shape index (κ1) is 24.5. The molecule has 2 N–H and O–H groups in total. The van der Waals surface area contributed by atoms with Crippen molar-refractivity contribution in [3.05, 3.63) is 60.8 Å². The molecule has 0 aliphatic carbocycles. The minimum Gasteiger partial charge on any atom is -0.364 e. The summed E-state index contributed by atoms with van der Waals surface area (Å²) in [4.78, 5) is 39.9. The third-order valence-electron chi connectivity index (χ3n) is 6.08. The first-order valence-electron chi connectivity index (χ1n) is 12.3. The lowest BCUT2D eigenvalue weighted by atomic mass is 10.1. The van der Waals surface area contributed by atoms with Crippen molar-refractivity contribution in [1.29, 1.82) is 0 Å². The minimum atomic E-state index is -0.231. The number of rotatable bonds is 5. The summed E-state index contributed by atoms with van der Waals surface area (Å²) < 4.78 is 0. The Kier molecular flexibility index (Phi) is 6.66. The van der Waals surface area contributed by atoms with Gasteiger partial charge in [-0.15, -0.1) is 0 Å². The van der Waals surface area contributed by atoms with Crippen molar-refractivity contribution in [2.24, 2.45) is 0 Å². The highest BCUT2D eigenvalue weighted by Crippen LogP contribution is 2.24. The summed E-state index contributed by atoms with van der Waals surface area (Å²) in [5.41, 5.74) is 1.75. The molecule has 0 aromatic carbocycles. The third-order valence-corrected chi connectivity index (χ3v) is 6.08. The van der Waals surface area contributed by atoms with Crippen molar-refractivity contribution in [1.82, 2.24) is 29.8 Å². The quantitative estimate of drug-likeness (QED) is 0.426. The van der Waals surface area contributed by atoms with Gasteiger partial charge < -0.3 is 20.4 Å². The van der Waals surface area contributed by atoms with E-state index in [1.165, 1.54) is 0 Å². The van der Waals surface area contributed by atoms with E-state index in [1.54, 1.807) is 37.1 Å². The second-order valence-corrected chi connectivity index (χ2v) is 10.3. The van der Waals surface area contributed by atoms with Gasteiger partial charge in [0.25, 0.3) is 5.91 Å². The number of anilines is 3. The maximum Gasteiger partial charge on any atom is 0.257 e. The fraction of sp³-hybridized carbons (Fsp3) is 0.333. The molecule has 0 spiro atoms. The zero-order valence-corrected chi connectivity index (χ0v) is 21.6. The number of carbonyl (C=O) groups is 1. The molecule has 37 heavy (non-hydrogen) atoms. The molecule has 1 fully saturated rings. The van der Waals surface area contributed by atoms with E-state index in [9.17, 15) is 4.79 Å². The molecule has 4 aromatic rings. The number of pyridine rings is 3. The molecule has 5 heterocycles. The lowest BCUT2D eigenvalue weighted by Crippen LogP contribution is -2.44. The molecule has 1 saturated heterocycles. The highest BCUT2D eigenvalue weighted by atomic mass is 16.1. The zero-order valence-electron chi connectivity index (χ0n) is 21.6. The van der Waals surface area contributed by atoms with Crippen molar-refractivity contribution in [2.75, 3.05) is 48.8 Å². The lowest BCUT2D eigenvalue weighted by molar-refractivity contribution is 0.102. The number of aromatic nitrogens is 5. The van der Waals surface area contributed by atoms with Gasteiger partial charge in [-0.25, -0.2) is 15.0 Å². The van der Waals surface area contributed by atoms with Crippen LogP contribution < -0.4 is 15.5 Å². The van der Waals surface area contributed by atoms with Crippen LogP contribution in [-0.2, 0) is 0 Å². The van der Waals surface area contributed by atoms with E-state index in [4.69, 9.17) is 0 Å².